The number of hydrogen-bond acceptors (Lipinski definition) is 5. The van der Waals surface area contributed by atoms with Gasteiger partial charge in [0.25, 0.3) is 17.5 Å². The second-order valence-corrected chi connectivity index (χ2v) is 7.35. The van der Waals surface area contributed by atoms with Crippen LogP contribution in [0.5, 0.6) is 0 Å². The molecular weight excluding hydrogens is 354 g/mol. The van der Waals surface area contributed by atoms with E-state index in [2.05, 4.69) is 5.32 Å². The van der Waals surface area contributed by atoms with Crippen LogP contribution < -0.4 is 11.1 Å². The minimum Gasteiger partial charge on any atom is -0.365 e. The van der Waals surface area contributed by atoms with Crippen molar-refractivity contribution in [2.45, 2.75) is 38.5 Å². The number of non-ortho nitro benzene ring substituents is 1. The first-order chi connectivity index (χ1) is 12.5. The van der Waals surface area contributed by atoms with E-state index in [0.29, 0.717) is 10.6 Å². The zero-order chi connectivity index (χ0) is 18.7. The average Bonchev–Trinajstić information content (AvgIpc) is 2.91. The maximum Gasteiger partial charge on any atom is 0.269 e. The number of carbonyl (C=O) groups is 2. The van der Waals surface area contributed by atoms with Crippen molar-refractivity contribution in [2.24, 2.45) is 5.73 Å². The number of anilines is 1. The van der Waals surface area contributed by atoms with Crippen LogP contribution in [-0.2, 0) is 12.8 Å². The predicted molar refractivity (Wildman–Crippen MR) is 99.8 cm³/mol. The highest BCUT2D eigenvalue weighted by molar-refractivity contribution is 7.17. The van der Waals surface area contributed by atoms with Gasteiger partial charge in [0.15, 0.2) is 0 Å². The maximum atomic E-state index is 12.5. The Balaban J connectivity index is 1.88. The van der Waals surface area contributed by atoms with Crippen LogP contribution in [0.25, 0.3) is 0 Å². The number of nitrogens with two attached hydrogens (primary N) is 1. The average molecular weight is 373 g/mol. The first-order valence-electron chi connectivity index (χ1n) is 8.47. The van der Waals surface area contributed by atoms with E-state index in [9.17, 15) is 19.7 Å². The number of hydrogen-bond donors (Lipinski definition) is 2. The van der Waals surface area contributed by atoms with E-state index in [1.807, 2.05) is 0 Å². The van der Waals surface area contributed by atoms with Gasteiger partial charge in [-0.15, -0.1) is 11.3 Å². The van der Waals surface area contributed by atoms with E-state index < -0.39 is 16.7 Å². The van der Waals surface area contributed by atoms with E-state index in [1.54, 1.807) is 0 Å². The molecule has 2 amide bonds. The monoisotopic (exact) mass is 373 g/mol. The van der Waals surface area contributed by atoms with Gasteiger partial charge in [0.2, 0.25) is 0 Å². The lowest BCUT2D eigenvalue weighted by molar-refractivity contribution is -0.384. The summed E-state index contributed by atoms with van der Waals surface area (Å²) in [5, 5.41) is 13.9. The molecule has 0 fully saturated rings. The van der Waals surface area contributed by atoms with Crippen LogP contribution in [0.4, 0.5) is 10.7 Å². The number of thiophene rings is 1. The molecule has 1 aliphatic rings. The van der Waals surface area contributed by atoms with E-state index in [0.717, 1.165) is 49.0 Å². The molecular formula is C18H19N3O4S. The number of fused-ring (bicyclic) bond motifs is 1. The summed E-state index contributed by atoms with van der Waals surface area (Å²) in [6.45, 7) is 0. The molecule has 0 bridgehead atoms. The van der Waals surface area contributed by atoms with Crippen molar-refractivity contribution >= 4 is 33.8 Å². The molecule has 8 heteroatoms. The minimum absolute atomic E-state index is 0.0848. The second-order valence-electron chi connectivity index (χ2n) is 6.24. The molecule has 0 saturated heterocycles. The van der Waals surface area contributed by atoms with Gasteiger partial charge in [-0.2, -0.15) is 0 Å². The van der Waals surface area contributed by atoms with Gasteiger partial charge in [-0.05, 0) is 43.4 Å². The molecule has 7 nitrogen and oxygen atoms in total. The number of primary amides is 1. The van der Waals surface area contributed by atoms with Crippen molar-refractivity contribution in [3.05, 3.63) is 55.9 Å². The Morgan fingerprint density at radius 1 is 1.08 bits per heavy atom. The van der Waals surface area contributed by atoms with Crippen LogP contribution in [0, 0.1) is 10.1 Å². The third-order valence-corrected chi connectivity index (χ3v) is 5.69. The Kier molecular flexibility index (Phi) is 5.32. The quantitative estimate of drug-likeness (QED) is 0.628. The molecule has 0 spiro atoms. The maximum absolute atomic E-state index is 12.5. The fourth-order valence-corrected chi connectivity index (χ4v) is 4.47. The summed E-state index contributed by atoms with van der Waals surface area (Å²) < 4.78 is 0. The first-order valence-corrected chi connectivity index (χ1v) is 9.29. The molecule has 1 aromatic carbocycles. The van der Waals surface area contributed by atoms with E-state index in [4.69, 9.17) is 5.73 Å². The molecule has 26 heavy (non-hydrogen) atoms. The fourth-order valence-electron chi connectivity index (χ4n) is 3.18. The Morgan fingerprint density at radius 2 is 1.73 bits per heavy atom. The second kappa shape index (κ2) is 7.65. The Hall–Kier alpha value is -2.74. The van der Waals surface area contributed by atoms with Crippen LogP contribution in [0.3, 0.4) is 0 Å². The van der Waals surface area contributed by atoms with Crippen molar-refractivity contribution in [1.29, 1.82) is 0 Å². The van der Waals surface area contributed by atoms with Crippen LogP contribution in [0.2, 0.25) is 0 Å². The number of nitrogens with zero attached hydrogens (tertiary/aromatic N) is 1. The number of nitro groups is 1. The molecule has 1 aliphatic carbocycles. The molecule has 3 N–H and O–H groups in total. The normalized spacial score (nSPS) is 14.0. The number of benzene rings is 1. The third kappa shape index (κ3) is 3.75. The lowest BCUT2D eigenvalue weighted by atomic mass is 9.96. The predicted octanol–water partition coefficient (Wildman–Crippen LogP) is 3.67. The molecule has 0 radical (unpaired) electrons. The van der Waals surface area contributed by atoms with Crippen LogP contribution in [-0.4, -0.2) is 16.7 Å². The number of carbonyl (C=O) groups excluding carboxylic acids is 2. The van der Waals surface area contributed by atoms with Crippen molar-refractivity contribution in [1.82, 2.24) is 0 Å². The Morgan fingerprint density at radius 3 is 2.35 bits per heavy atom. The zero-order valence-electron chi connectivity index (χ0n) is 14.1. The van der Waals surface area contributed by atoms with Gasteiger partial charge in [0.1, 0.15) is 5.00 Å². The standard InChI is InChI=1S/C18H19N3O4S/c19-16(22)15-13-5-3-1-2-4-6-14(13)26-18(15)20-17(23)11-7-9-12(10-8-11)21(24)25/h7-10H,1-6H2,(H2,19,22)(H,20,23). The molecule has 1 aromatic heterocycles. The zero-order valence-corrected chi connectivity index (χ0v) is 14.9. The molecule has 0 unspecified atom stereocenters. The Bertz CT molecular complexity index is 858. The molecule has 0 saturated carbocycles. The highest BCUT2D eigenvalue weighted by Crippen LogP contribution is 2.37. The van der Waals surface area contributed by atoms with Gasteiger partial charge in [0, 0.05) is 22.6 Å². The summed E-state index contributed by atoms with van der Waals surface area (Å²) in [6, 6.07) is 5.33. The first kappa shape index (κ1) is 18.1. The third-order valence-electron chi connectivity index (χ3n) is 4.49. The van der Waals surface area contributed by atoms with Crippen LogP contribution >= 0.6 is 11.3 Å². The highest BCUT2D eigenvalue weighted by Gasteiger charge is 2.24. The number of nitro benzene ring substituents is 1. The summed E-state index contributed by atoms with van der Waals surface area (Å²) in [6.07, 6.45) is 6.01. The highest BCUT2D eigenvalue weighted by atomic mass is 32.1. The van der Waals surface area contributed by atoms with Crippen molar-refractivity contribution < 1.29 is 14.5 Å². The molecule has 3 rings (SSSR count). The molecule has 1 heterocycles. The summed E-state index contributed by atoms with van der Waals surface area (Å²) in [5.41, 5.74) is 7.15. The van der Waals surface area contributed by atoms with E-state index >= 15 is 0 Å². The smallest absolute Gasteiger partial charge is 0.269 e. The lowest BCUT2D eigenvalue weighted by Crippen LogP contribution is -2.18. The van der Waals surface area contributed by atoms with E-state index in [1.165, 1.54) is 35.6 Å². The number of rotatable bonds is 4. The summed E-state index contributed by atoms with van der Waals surface area (Å²) in [5.74, 6) is -0.960. The molecule has 0 aliphatic heterocycles. The SMILES string of the molecule is NC(=O)c1c(NC(=O)c2ccc([N+](=O)[O-])cc2)sc2c1CCCCCC2. The van der Waals surface area contributed by atoms with Gasteiger partial charge in [-0.1, -0.05) is 12.8 Å². The number of nitrogens with one attached hydrogen (secondary N) is 1. The molecule has 136 valence electrons. The van der Waals surface area contributed by atoms with Gasteiger partial charge in [-0.25, -0.2) is 0 Å². The summed E-state index contributed by atoms with van der Waals surface area (Å²) >= 11 is 1.40. The Labute approximate surface area is 154 Å². The summed E-state index contributed by atoms with van der Waals surface area (Å²) in [4.78, 5) is 35.8. The van der Waals surface area contributed by atoms with Crippen LogP contribution in [0.15, 0.2) is 24.3 Å². The van der Waals surface area contributed by atoms with Crippen molar-refractivity contribution in [3.63, 3.8) is 0 Å². The van der Waals surface area contributed by atoms with Gasteiger partial charge in [-0.3, -0.25) is 19.7 Å². The largest absolute Gasteiger partial charge is 0.365 e. The van der Waals surface area contributed by atoms with Crippen LogP contribution in [0.1, 0.15) is 56.8 Å². The fraction of sp³-hybridized carbons (Fsp3) is 0.333. The topological polar surface area (TPSA) is 115 Å². The van der Waals surface area contributed by atoms with Crippen molar-refractivity contribution in [2.75, 3.05) is 5.32 Å². The van der Waals surface area contributed by atoms with Gasteiger partial charge >= 0.3 is 0 Å². The molecule has 0 atom stereocenters. The minimum atomic E-state index is -0.540. The summed E-state index contributed by atoms with van der Waals surface area (Å²) in [7, 11) is 0. The lowest BCUT2D eigenvalue weighted by Gasteiger charge is -2.10. The van der Waals surface area contributed by atoms with E-state index in [-0.39, 0.29) is 11.3 Å². The van der Waals surface area contributed by atoms with Gasteiger partial charge < -0.3 is 11.1 Å². The van der Waals surface area contributed by atoms with Gasteiger partial charge in [0.05, 0.1) is 10.5 Å². The number of amides is 2. The van der Waals surface area contributed by atoms with Crippen molar-refractivity contribution in [3.8, 4) is 0 Å². The number of aryl methyl sites for hydroxylation is 1. The molecule has 2 aromatic rings.